The first-order valence-electron chi connectivity index (χ1n) is 6.50. The normalized spacial score (nSPS) is 18.5. The van der Waals surface area contributed by atoms with Gasteiger partial charge in [0.2, 0.25) is 0 Å². The molecule has 0 heterocycles. The van der Waals surface area contributed by atoms with Crippen molar-refractivity contribution in [2.75, 3.05) is 13.6 Å². The monoisotopic (exact) mass is 314 g/mol. The lowest BCUT2D eigenvalue weighted by molar-refractivity contribution is 0.176. The van der Waals surface area contributed by atoms with E-state index in [0.29, 0.717) is 18.2 Å². The van der Waals surface area contributed by atoms with E-state index in [0.717, 1.165) is 4.47 Å². The van der Waals surface area contributed by atoms with Gasteiger partial charge >= 0.3 is 0 Å². The molecule has 18 heavy (non-hydrogen) atoms. The standard InChI is InChI=1S/C14H20BrFN2/c1-18(11-4-2-3-5-11)14(9-17)12-7-6-10(15)8-13(12)16/h6-8,11,14H,2-5,9,17H2,1H3. The Morgan fingerprint density at radius 1 is 1.44 bits per heavy atom. The van der Waals surface area contributed by atoms with Crippen molar-refractivity contribution < 1.29 is 4.39 Å². The van der Waals surface area contributed by atoms with E-state index in [4.69, 9.17) is 5.73 Å². The van der Waals surface area contributed by atoms with Gasteiger partial charge in [-0.1, -0.05) is 34.8 Å². The molecular weight excluding hydrogens is 295 g/mol. The van der Waals surface area contributed by atoms with Gasteiger partial charge in [0.1, 0.15) is 5.82 Å². The van der Waals surface area contributed by atoms with Crippen molar-refractivity contribution in [3.63, 3.8) is 0 Å². The second-order valence-electron chi connectivity index (χ2n) is 5.02. The summed E-state index contributed by atoms with van der Waals surface area (Å²) in [6, 6.07) is 5.75. The molecule has 0 aliphatic heterocycles. The molecule has 0 saturated heterocycles. The Bertz CT molecular complexity index is 405. The van der Waals surface area contributed by atoms with Crippen LogP contribution in [0.1, 0.15) is 37.3 Å². The first-order chi connectivity index (χ1) is 8.63. The van der Waals surface area contributed by atoms with Crippen molar-refractivity contribution >= 4 is 15.9 Å². The molecule has 100 valence electrons. The van der Waals surface area contributed by atoms with E-state index < -0.39 is 0 Å². The molecule has 2 nitrogen and oxygen atoms in total. The van der Waals surface area contributed by atoms with Crippen LogP contribution in [0.4, 0.5) is 4.39 Å². The summed E-state index contributed by atoms with van der Waals surface area (Å²) in [6.07, 6.45) is 4.94. The van der Waals surface area contributed by atoms with Gasteiger partial charge in [0.15, 0.2) is 0 Å². The lowest BCUT2D eigenvalue weighted by Gasteiger charge is -2.32. The van der Waals surface area contributed by atoms with Crippen LogP contribution < -0.4 is 5.73 Å². The largest absolute Gasteiger partial charge is 0.329 e. The van der Waals surface area contributed by atoms with E-state index in [1.165, 1.54) is 31.7 Å². The van der Waals surface area contributed by atoms with E-state index in [1.807, 2.05) is 12.1 Å². The molecule has 0 bridgehead atoms. The summed E-state index contributed by atoms with van der Waals surface area (Å²) in [6.45, 7) is 0.450. The molecule has 1 aromatic rings. The van der Waals surface area contributed by atoms with Crippen molar-refractivity contribution in [1.29, 1.82) is 0 Å². The Morgan fingerprint density at radius 3 is 2.67 bits per heavy atom. The number of likely N-dealkylation sites (N-methyl/N-ethyl adjacent to an activating group) is 1. The van der Waals surface area contributed by atoms with Gasteiger partial charge in [-0.3, -0.25) is 4.90 Å². The van der Waals surface area contributed by atoms with Crippen molar-refractivity contribution in [2.24, 2.45) is 5.73 Å². The number of nitrogens with two attached hydrogens (primary N) is 1. The average molecular weight is 315 g/mol. The molecule has 0 aromatic heterocycles. The zero-order valence-corrected chi connectivity index (χ0v) is 12.3. The van der Waals surface area contributed by atoms with Crippen molar-refractivity contribution in [2.45, 2.75) is 37.8 Å². The predicted octanol–water partition coefficient (Wildman–Crippen LogP) is 3.46. The Hall–Kier alpha value is -0.450. The quantitative estimate of drug-likeness (QED) is 0.922. The molecule has 1 aromatic carbocycles. The van der Waals surface area contributed by atoms with Crippen LogP contribution in [0.15, 0.2) is 22.7 Å². The third-order valence-corrected chi connectivity index (χ3v) is 4.43. The molecule has 0 radical (unpaired) electrons. The lowest BCUT2D eigenvalue weighted by Crippen LogP contribution is -2.37. The molecule has 1 atom stereocenters. The third kappa shape index (κ3) is 2.92. The molecule has 1 aliphatic carbocycles. The molecule has 4 heteroatoms. The van der Waals surface area contributed by atoms with Gasteiger partial charge in [0.05, 0.1) is 0 Å². The average Bonchev–Trinajstić information content (AvgIpc) is 2.86. The van der Waals surface area contributed by atoms with Gasteiger partial charge in [0, 0.05) is 28.7 Å². The highest BCUT2D eigenvalue weighted by molar-refractivity contribution is 9.10. The summed E-state index contributed by atoms with van der Waals surface area (Å²) >= 11 is 3.29. The van der Waals surface area contributed by atoms with Crippen LogP contribution in [0.3, 0.4) is 0 Å². The SMILES string of the molecule is CN(C1CCCC1)C(CN)c1ccc(Br)cc1F. The second kappa shape index (κ2) is 6.13. The zero-order valence-electron chi connectivity index (χ0n) is 10.7. The highest BCUT2D eigenvalue weighted by atomic mass is 79.9. The number of nitrogens with zero attached hydrogens (tertiary/aromatic N) is 1. The first-order valence-corrected chi connectivity index (χ1v) is 7.29. The molecule has 1 unspecified atom stereocenters. The Morgan fingerprint density at radius 2 is 2.11 bits per heavy atom. The second-order valence-corrected chi connectivity index (χ2v) is 5.94. The van der Waals surface area contributed by atoms with Crippen LogP contribution in [0.5, 0.6) is 0 Å². The molecule has 2 rings (SSSR count). The van der Waals surface area contributed by atoms with Gasteiger partial charge in [-0.2, -0.15) is 0 Å². The first kappa shape index (κ1) is 14.0. The number of halogens is 2. The predicted molar refractivity (Wildman–Crippen MR) is 75.9 cm³/mol. The minimum absolute atomic E-state index is 0.0267. The lowest BCUT2D eigenvalue weighted by atomic mass is 10.0. The summed E-state index contributed by atoms with van der Waals surface area (Å²) in [5.74, 6) is -0.176. The van der Waals surface area contributed by atoms with Crippen molar-refractivity contribution in [1.82, 2.24) is 4.90 Å². The van der Waals surface area contributed by atoms with Crippen molar-refractivity contribution in [3.05, 3.63) is 34.1 Å². The summed E-state index contributed by atoms with van der Waals surface area (Å²) in [5, 5.41) is 0. The highest BCUT2D eigenvalue weighted by Crippen LogP contribution is 2.31. The van der Waals surface area contributed by atoms with Crippen molar-refractivity contribution in [3.8, 4) is 0 Å². The number of benzene rings is 1. The molecule has 0 spiro atoms. The summed E-state index contributed by atoms with van der Waals surface area (Å²) in [7, 11) is 2.06. The maximum absolute atomic E-state index is 14.0. The zero-order chi connectivity index (χ0) is 13.1. The van der Waals surface area contributed by atoms with E-state index in [-0.39, 0.29) is 11.9 Å². The maximum Gasteiger partial charge on any atom is 0.129 e. The van der Waals surface area contributed by atoms with E-state index in [2.05, 4.69) is 27.9 Å². The van der Waals surface area contributed by atoms with Gasteiger partial charge in [0.25, 0.3) is 0 Å². The third-order valence-electron chi connectivity index (χ3n) is 3.94. The number of hydrogen-bond donors (Lipinski definition) is 1. The fourth-order valence-corrected chi connectivity index (χ4v) is 3.18. The minimum atomic E-state index is -0.176. The summed E-state index contributed by atoms with van der Waals surface area (Å²) in [4.78, 5) is 2.25. The molecule has 1 aliphatic rings. The Kier molecular flexibility index (Phi) is 4.76. The molecule has 2 N–H and O–H groups in total. The van der Waals surface area contributed by atoms with Crippen LogP contribution in [-0.4, -0.2) is 24.5 Å². The van der Waals surface area contributed by atoms with Crippen LogP contribution in [0, 0.1) is 5.82 Å². The van der Waals surface area contributed by atoms with E-state index >= 15 is 0 Å². The Balaban J connectivity index is 2.21. The van der Waals surface area contributed by atoms with Gasteiger partial charge in [-0.15, -0.1) is 0 Å². The van der Waals surface area contributed by atoms with Gasteiger partial charge in [-0.25, -0.2) is 4.39 Å². The van der Waals surface area contributed by atoms with Crippen LogP contribution >= 0.6 is 15.9 Å². The molecule has 1 saturated carbocycles. The fraction of sp³-hybridized carbons (Fsp3) is 0.571. The van der Waals surface area contributed by atoms with Gasteiger partial charge < -0.3 is 5.73 Å². The van der Waals surface area contributed by atoms with E-state index in [9.17, 15) is 4.39 Å². The summed E-state index contributed by atoms with van der Waals surface area (Å²) in [5.41, 5.74) is 6.56. The fourth-order valence-electron chi connectivity index (χ4n) is 2.85. The smallest absolute Gasteiger partial charge is 0.129 e. The molecule has 1 fully saturated rings. The number of hydrogen-bond acceptors (Lipinski definition) is 2. The number of rotatable bonds is 4. The van der Waals surface area contributed by atoms with Gasteiger partial charge in [-0.05, 0) is 32.0 Å². The highest BCUT2D eigenvalue weighted by Gasteiger charge is 2.27. The van der Waals surface area contributed by atoms with Crippen LogP contribution in [0.2, 0.25) is 0 Å². The van der Waals surface area contributed by atoms with Crippen LogP contribution in [0.25, 0.3) is 0 Å². The maximum atomic E-state index is 14.0. The Labute approximate surface area is 116 Å². The molecular formula is C14H20BrFN2. The topological polar surface area (TPSA) is 29.3 Å². The minimum Gasteiger partial charge on any atom is -0.329 e. The molecule has 0 amide bonds. The van der Waals surface area contributed by atoms with E-state index in [1.54, 1.807) is 0 Å². The van der Waals surface area contributed by atoms with Crippen LogP contribution in [-0.2, 0) is 0 Å². The summed E-state index contributed by atoms with van der Waals surface area (Å²) < 4.78 is 14.8.